The van der Waals surface area contributed by atoms with Crippen molar-refractivity contribution < 1.29 is 14.5 Å². The van der Waals surface area contributed by atoms with Crippen LogP contribution in [0.3, 0.4) is 0 Å². The highest BCUT2D eigenvalue weighted by Gasteiger charge is 2.06. The molecule has 2 amide bonds. The molecule has 0 heterocycles. The van der Waals surface area contributed by atoms with Crippen molar-refractivity contribution in [2.75, 3.05) is 0 Å². The molecule has 0 aromatic heterocycles. The highest BCUT2D eigenvalue weighted by atomic mass is 32.1. The first-order chi connectivity index (χ1) is 12.8. The van der Waals surface area contributed by atoms with E-state index in [1.807, 2.05) is 6.92 Å². The third kappa shape index (κ3) is 6.33. The molecule has 0 spiro atoms. The maximum Gasteiger partial charge on any atom is 0.269 e. The third-order valence-corrected chi connectivity index (χ3v) is 3.58. The number of carbonyl (C=O) groups excluding carboxylic acids is 2. The van der Waals surface area contributed by atoms with E-state index in [0.717, 1.165) is 5.56 Å². The predicted octanol–water partition coefficient (Wildman–Crippen LogP) is 2.25. The molecule has 0 aliphatic carbocycles. The first kappa shape index (κ1) is 19.7. The number of rotatable bonds is 4. The molecule has 0 aliphatic heterocycles. The lowest BCUT2D eigenvalue weighted by Crippen LogP contribution is -2.48. The van der Waals surface area contributed by atoms with Crippen LogP contribution in [0, 0.1) is 17.0 Å². The van der Waals surface area contributed by atoms with E-state index in [1.165, 1.54) is 36.4 Å². The zero-order valence-corrected chi connectivity index (χ0v) is 15.1. The van der Waals surface area contributed by atoms with Crippen LogP contribution in [0.1, 0.15) is 21.5 Å². The van der Waals surface area contributed by atoms with Gasteiger partial charge in [-0.15, -0.1) is 0 Å². The second-order valence-corrected chi connectivity index (χ2v) is 5.85. The molecule has 2 aromatic carbocycles. The maximum atomic E-state index is 11.9. The van der Waals surface area contributed by atoms with E-state index in [2.05, 4.69) is 16.2 Å². The molecule has 0 saturated heterocycles. The van der Waals surface area contributed by atoms with E-state index in [-0.39, 0.29) is 10.8 Å². The van der Waals surface area contributed by atoms with Gasteiger partial charge in [0, 0.05) is 23.8 Å². The fraction of sp³-hybridized carbons (Fsp3) is 0.0556. The van der Waals surface area contributed by atoms with Gasteiger partial charge in [-0.3, -0.25) is 35.9 Å². The van der Waals surface area contributed by atoms with E-state index in [1.54, 1.807) is 24.3 Å². The number of amides is 2. The number of nitro groups is 1. The van der Waals surface area contributed by atoms with Crippen molar-refractivity contribution in [2.24, 2.45) is 0 Å². The normalized spacial score (nSPS) is 10.3. The smallest absolute Gasteiger partial charge is 0.269 e. The zero-order valence-electron chi connectivity index (χ0n) is 14.3. The predicted molar refractivity (Wildman–Crippen MR) is 105 cm³/mol. The van der Waals surface area contributed by atoms with E-state index < -0.39 is 16.7 Å². The van der Waals surface area contributed by atoms with Crippen LogP contribution in [0.25, 0.3) is 6.08 Å². The summed E-state index contributed by atoms with van der Waals surface area (Å²) in [5.74, 6) is -0.913. The summed E-state index contributed by atoms with van der Waals surface area (Å²) in [4.78, 5) is 33.8. The van der Waals surface area contributed by atoms with Gasteiger partial charge in [0.15, 0.2) is 5.11 Å². The first-order valence-electron chi connectivity index (χ1n) is 7.75. The Bertz CT molecular complexity index is 893. The number of nitrogens with zero attached hydrogens (tertiary/aromatic N) is 1. The summed E-state index contributed by atoms with van der Waals surface area (Å²) >= 11 is 4.93. The molecule has 27 heavy (non-hydrogen) atoms. The van der Waals surface area contributed by atoms with Crippen molar-refractivity contribution in [2.45, 2.75) is 6.92 Å². The van der Waals surface area contributed by atoms with Gasteiger partial charge in [-0.25, -0.2) is 0 Å². The molecule has 8 nitrogen and oxygen atoms in total. The number of hydrogen-bond acceptors (Lipinski definition) is 5. The van der Waals surface area contributed by atoms with Crippen molar-refractivity contribution in [3.05, 3.63) is 81.4 Å². The van der Waals surface area contributed by atoms with Crippen LogP contribution in [0.15, 0.2) is 54.6 Å². The Hall–Kier alpha value is -3.59. The molecule has 0 aliphatic rings. The van der Waals surface area contributed by atoms with Gasteiger partial charge >= 0.3 is 0 Å². The minimum atomic E-state index is -0.518. The van der Waals surface area contributed by atoms with Gasteiger partial charge in [-0.2, -0.15) is 0 Å². The quantitative estimate of drug-likeness (QED) is 0.322. The molecule has 0 bridgehead atoms. The van der Waals surface area contributed by atoms with E-state index in [0.29, 0.717) is 11.1 Å². The second-order valence-electron chi connectivity index (χ2n) is 5.45. The summed E-state index contributed by atoms with van der Waals surface area (Å²) in [5, 5.41) is 12.9. The largest absolute Gasteiger partial charge is 0.298 e. The molecule has 138 valence electrons. The molecule has 0 saturated carbocycles. The molecular weight excluding hydrogens is 368 g/mol. The Morgan fingerprint density at radius 2 is 1.67 bits per heavy atom. The fourth-order valence-corrected chi connectivity index (χ4v) is 2.11. The number of non-ortho nitro benzene ring substituents is 1. The van der Waals surface area contributed by atoms with Gasteiger partial charge in [-0.05, 0) is 55.0 Å². The average molecular weight is 384 g/mol. The number of hydrazine groups is 1. The fourth-order valence-electron chi connectivity index (χ4n) is 1.95. The van der Waals surface area contributed by atoms with Crippen LogP contribution in [-0.2, 0) is 4.79 Å². The SMILES string of the molecule is Cc1ccc(C(=O)NNC(=S)NC(=O)/C=C/c2ccc([N+](=O)[O-])cc2)cc1. The summed E-state index contributed by atoms with van der Waals surface area (Å²) in [7, 11) is 0. The standard InChI is InChI=1S/C18H16N4O4S/c1-12-2-7-14(8-3-12)17(24)20-21-18(27)19-16(23)11-6-13-4-9-15(10-5-13)22(25)26/h2-11H,1H3,(H,20,24)(H2,19,21,23,27)/b11-6+. The number of nitro benzene ring substituents is 1. The van der Waals surface area contributed by atoms with Crippen LogP contribution in [0.2, 0.25) is 0 Å². The number of nitrogens with one attached hydrogen (secondary N) is 3. The highest BCUT2D eigenvalue weighted by Crippen LogP contribution is 2.12. The molecule has 0 fully saturated rings. The number of thiocarbonyl (C=S) groups is 1. The van der Waals surface area contributed by atoms with Crippen molar-refractivity contribution in [3.8, 4) is 0 Å². The van der Waals surface area contributed by atoms with Gasteiger partial charge < -0.3 is 0 Å². The Kier molecular flexibility index (Phi) is 6.73. The molecule has 0 atom stereocenters. The molecule has 0 unspecified atom stereocenters. The summed E-state index contributed by atoms with van der Waals surface area (Å²) in [6.45, 7) is 1.91. The van der Waals surface area contributed by atoms with E-state index in [4.69, 9.17) is 12.2 Å². The van der Waals surface area contributed by atoms with Crippen LogP contribution in [-0.4, -0.2) is 21.9 Å². The Morgan fingerprint density at radius 1 is 1.04 bits per heavy atom. The summed E-state index contributed by atoms with van der Waals surface area (Å²) in [6, 6.07) is 12.6. The topological polar surface area (TPSA) is 113 Å². The maximum absolute atomic E-state index is 11.9. The van der Waals surface area contributed by atoms with Gasteiger partial charge in [0.25, 0.3) is 11.6 Å². The van der Waals surface area contributed by atoms with Crippen molar-refractivity contribution in [1.82, 2.24) is 16.2 Å². The Labute approximate surface area is 160 Å². The van der Waals surface area contributed by atoms with Crippen LogP contribution >= 0.6 is 12.2 Å². The Morgan fingerprint density at radius 3 is 2.26 bits per heavy atom. The van der Waals surface area contributed by atoms with Crippen LogP contribution in [0.5, 0.6) is 0 Å². The molecule has 2 rings (SSSR count). The first-order valence-corrected chi connectivity index (χ1v) is 8.16. The monoisotopic (exact) mass is 384 g/mol. The van der Waals surface area contributed by atoms with Crippen molar-refractivity contribution in [3.63, 3.8) is 0 Å². The summed E-state index contributed by atoms with van der Waals surface area (Å²) in [6.07, 6.45) is 2.70. The number of aryl methyl sites for hydroxylation is 1. The van der Waals surface area contributed by atoms with Gasteiger partial charge in [-0.1, -0.05) is 17.7 Å². The highest BCUT2D eigenvalue weighted by molar-refractivity contribution is 7.80. The average Bonchev–Trinajstić information content (AvgIpc) is 2.65. The lowest BCUT2D eigenvalue weighted by molar-refractivity contribution is -0.384. The van der Waals surface area contributed by atoms with E-state index >= 15 is 0 Å². The minimum Gasteiger partial charge on any atom is -0.298 e. The third-order valence-electron chi connectivity index (χ3n) is 3.37. The lowest BCUT2D eigenvalue weighted by atomic mass is 10.1. The Balaban J connectivity index is 1.80. The van der Waals surface area contributed by atoms with Crippen LogP contribution < -0.4 is 16.2 Å². The van der Waals surface area contributed by atoms with Gasteiger partial charge in [0.05, 0.1) is 4.92 Å². The molecular formula is C18H16N4O4S. The van der Waals surface area contributed by atoms with Gasteiger partial charge in [0.1, 0.15) is 0 Å². The lowest BCUT2D eigenvalue weighted by Gasteiger charge is -2.09. The number of benzene rings is 2. The molecule has 2 aromatic rings. The van der Waals surface area contributed by atoms with E-state index in [9.17, 15) is 19.7 Å². The molecule has 3 N–H and O–H groups in total. The van der Waals surface area contributed by atoms with Crippen molar-refractivity contribution >= 4 is 40.9 Å². The van der Waals surface area contributed by atoms with Crippen molar-refractivity contribution in [1.29, 1.82) is 0 Å². The second kappa shape index (κ2) is 9.20. The minimum absolute atomic E-state index is 0.0358. The number of carbonyl (C=O) groups is 2. The van der Waals surface area contributed by atoms with Crippen LogP contribution in [0.4, 0.5) is 5.69 Å². The number of hydrogen-bond donors (Lipinski definition) is 3. The van der Waals surface area contributed by atoms with Gasteiger partial charge in [0.2, 0.25) is 5.91 Å². The summed E-state index contributed by atoms with van der Waals surface area (Å²) < 4.78 is 0. The zero-order chi connectivity index (χ0) is 19.8. The summed E-state index contributed by atoms with van der Waals surface area (Å²) in [5.41, 5.74) is 6.87. The molecule has 9 heteroatoms. The molecule has 0 radical (unpaired) electrons.